The van der Waals surface area contributed by atoms with Crippen LogP contribution in [-0.4, -0.2) is 19.4 Å². The molecule has 128 valence electrons. The molecule has 1 atom stereocenters. The van der Waals surface area contributed by atoms with Gasteiger partial charge in [0.1, 0.15) is 0 Å². The lowest BCUT2D eigenvalue weighted by Crippen LogP contribution is -2.07. The van der Waals surface area contributed by atoms with Gasteiger partial charge in [-0.15, -0.1) is 0 Å². The predicted octanol–water partition coefficient (Wildman–Crippen LogP) is 5.79. The molecule has 0 aliphatic rings. The molecule has 0 aliphatic carbocycles. The second kappa shape index (κ2) is 9.53. The highest BCUT2D eigenvalue weighted by molar-refractivity contribution is 7.54. The summed E-state index contributed by atoms with van der Waals surface area (Å²) in [6.45, 7) is 4.34. The van der Waals surface area contributed by atoms with Gasteiger partial charge in [0.25, 0.3) is 0 Å². The van der Waals surface area contributed by atoms with Gasteiger partial charge in [0.05, 0.1) is 24.6 Å². The van der Waals surface area contributed by atoms with E-state index in [9.17, 15) is 4.57 Å². The number of aliphatic imine (C=N–C) groups is 1. The average molecular weight is 345 g/mol. The normalized spacial score (nSPS) is 13.2. The van der Waals surface area contributed by atoms with Gasteiger partial charge in [0, 0.05) is 12.6 Å². The first-order chi connectivity index (χ1) is 11.7. The van der Waals surface area contributed by atoms with Gasteiger partial charge in [-0.05, 0) is 31.5 Å². The Labute approximate surface area is 144 Å². The van der Waals surface area contributed by atoms with Gasteiger partial charge in [-0.3, -0.25) is 9.56 Å². The Hall–Kier alpha value is -1.74. The lowest BCUT2D eigenvalue weighted by Gasteiger charge is -2.25. The molecule has 4 nitrogen and oxygen atoms in total. The molecular weight excluding hydrogens is 321 g/mol. The zero-order valence-corrected chi connectivity index (χ0v) is 15.1. The molecule has 0 aromatic heterocycles. The van der Waals surface area contributed by atoms with Crippen LogP contribution in [0.3, 0.4) is 0 Å². The zero-order valence-electron chi connectivity index (χ0n) is 14.2. The molecule has 0 N–H and O–H groups in total. The number of para-hydroxylation sites is 1. The second-order valence-corrected chi connectivity index (χ2v) is 7.40. The first kappa shape index (κ1) is 18.6. The molecule has 1 unspecified atom stereocenters. The SMILES string of the molecule is CCOP(=O)(OCC)C(CC=Nc1ccccc1)c1ccccc1. The molecule has 0 aliphatic heterocycles. The van der Waals surface area contributed by atoms with Gasteiger partial charge in [-0.1, -0.05) is 48.5 Å². The lowest BCUT2D eigenvalue weighted by molar-refractivity contribution is 0.212. The van der Waals surface area contributed by atoms with E-state index in [1.165, 1.54) is 0 Å². The van der Waals surface area contributed by atoms with Crippen LogP contribution in [0.25, 0.3) is 0 Å². The predicted molar refractivity (Wildman–Crippen MR) is 99.3 cm³/mol. The van der Waals surface area contributed by atoms with Crippen LogP contribution in [0.15, 0.2) is 65.7 Å². The van der Waals surface area contributed by atoms with Crippen molar-refractivity contribution in [1.29, 1.82) is 0 Å². The van der Waals surface area contributed by atoms with Crippen molar-refractivity contribution in [3.63, 3.8) is 0 Å². The summed E-state index contributed by atoms with van der Waals surface area (Å²) in [5.74, 6) is 0. The summed E-state index contributed by atoms with van der Waals surface area (Å²) in [4.78, 5) is 4.45. The summed E-state index contributed by atoms with van der Waals surface area (Å²) in [7, 11) is -3.26. The first-order valence-electron chi connectivity index (χ1n) is 8.21. The molecule has 5 heteroatoms. The fraction of sp³-hybridized carbons (Fsp3) is 0.316. The fourth-order valence-corrected chi connectivity index (χ4v) is 4.52. The van der Waals surface area contributed by atoms with Crippen LogP contribution < -0.4 is 0 Å². The van der Waals surface area contributed by atoms with Gasteiger partial charge < -0.3 is 9.05 Å². The van der Waals surface area contributed by atoms with Crippen molar-refractivity contribution in [3.05, 3.63) is 66.2 Å². The van der Waals surface area contributed by atoms with Crippen LogP contribution in [0, 0.1) is 0 Å². The quantitative estimate of drug-likeness (QED) is 0.427. The van der Waals surface area contributed by atoms with Crippen molar-refractivity contribution in [2.75, 3.05) is 13.2 Å². The van der Waals surface area contributed by atoms with Gasteiger partial charge in [-0.25, -0.2) is 0 Å². The molecule has 2 aromatic rings. The molecule has 2 rings (SSSR count). The van der Waals surface area contributed by atoms with Crippen molar-refractivity contribution >= 4 is 19.5 Å². The molecule has 0 amide bonds. The maximum absolute atomic E-state index is 13.3. The molecule has 0 bridgehead atoms. The van der Waals surface area contributed by atoms with Crippen LogP contribution in [0.4, 0.5) is 5.69 Å². The maximum atomic E-state index is 13.3. The highest BCUT2D eigenvalue weighted by Crippen LogP contribution is 2.62. The number of benzene rings is 2. The molecule has 2 aromatic carbocycles. The smallest absolute Gasteiger partial charge is 0.308 e. The topological polar surface area (TPSA) is 47.9 Å². The molecule has 0 spiro atoms. The van der Waals surface area contributed by atoms with E-state index in [1.54, 1.807) is 6.21 Å². The third-order valence-electron chi connectivity index (χ3n) is 3.51. The van der Waals surface area contributed by atoms with Crippen LogP contribution in [-0.2, 0) is 13.6 Å². The Morgan fingerprint density at radius 3 is 2.04 bits per heavy atom. The summed E-state index contributed by atoms with van der Waals surface area (Å²) in [5.41, 5.74) is 1.43. The van der Waals surface area contributed by atoms with E-state index in [-0.39, 0.29) is 5.66 Å². The van der Waals surface area contributed by atoms with E-state index < -0.39 is 7.60 Å². The molecular formula is C19H24NO3P. The number of nitrogens with zero attached hydrogens (tertiary/aromatic N) is 1. The van der Waals surface area contributed by atoms with Crippen LogP contribution in [0.1, 0.15) is 31.5 Å². The monoisotopic (exact) mass is 345 g/mol. The van der Waals surface area contributed by atoms with Gasteiger partial charge in [0.2, 0.25) is 0 Å². The maximum Gasteiger partial charge on any atom is 0.338 e. The average Bonchev–Trinajstić information content (AvgIpc) is 2.61. The first-order valence-corrected chi connectivity index (χ1v) is 9.82. The largest absolute Gasteiger partial charge is 0.338 e. The standard InChI is InChI=1S/C19H24NO3P/c1-3-22-24(21,23-4-2)19(17-11-7-5-8-12-17)15-16-20-18-13-9-6-10-14-18/h5-14,16,19H,3-4,15H2,1-2H3. The summed E-state index contributed by atoms with van der Waals surface area (Å²) >= 11 is 0. The van der Waals surface area contributed by atoms with Crippen molar-refractivity contribution in [2.45, 2.75) is 25.9 Å². The number of hydrogen-bond acceptors (Lipinski definition) is 4. The summed E-state index contributed by atoms with van der Waals surface area (Å²) in [5, 5.41) is 0. The highest BCUT2D eigenvalue weighted by Gasteiger charge is 2.36. The minimum atomic E-state index is -3.26. The zero-order chi connectivity index (χ0) is 17.3. The summed E-state index contributed by atoms with van der Waals surface area (Å²) < 4.78 is 24.4. The van der Waals surface area contributed by atoms with Crippen molar-refractivity contribution < 1.29 is 13.6 Å². The van der Waals surface area contributed by atoms with Crippen LogP contribution in [0.2, 0.25) is 0 Å². The third-order valence-corrected chi connectivity index (χ3v) is 6.02. The van der Waals surface area contributed by atoms with E-state index in [4.69, 9.17) is 9.05 Å². The van der Waals surface area contributed by atoms with Gasteiger partial charge in [-0.2, -0.15) is 0 Å². The van der Waals surface area contributed by atoms with E-state index in [1.807, 2.05) is 74.5 Å². The van der Waals surface area contributed by atoms with E-state index in [0.717, 1.165) is 11.3 Å². The highest BCUT2D eigenvalue weighted by atomic mass is 31.2. The number of rotatable bonds is 9. The van der Waals surface area contributed by atoms with Crippen LogP contribution in [0.5, 0.6) is 0 Å². The van der Waals surface area contributed by atoms with Crippen molar-refractivity contribution in [2.24, 2.45) is 4.99 Å². The van der Waals surface area contributed by atoms with Crippen molar-refractivity contribution in [1.82, 2.24) is 0 Å². The molecule has 0 fully saturated rings. The molecule has 0 radical (unpaired) electrons. The van der Waals surface area contributed by atoms with E-state index in [0.29, 0.717) is 19.6 Å². The van der Waals surface area contributed by atoms with E-state index >= 15 is 0 Å². The molecule has 0 saturated heterocycles. The minimum Gasteiger partial charge on any atom is -0.308 e. The van der Waals surface area contributed by atoms with Crippen LogP contribution >= 0.6 is 7.60 Å². The summed E-state index contributed by atoms with van der Waals surface area (Å²) in [6, 6.07) is 19.4. The third kappa shape index (κ3) is 5.13. The molecule has 0 heterocycles. The molecule has 0 saturated carbocycles. The Bertz CT molecular complexity index is 664. The molecule has 24 heavy (non-hydrogen) atoms. The Morgan fingerprint density at radius 1 is 0.958 bits per heavy atom. The van der Waals surface area contributed by atoms with Gasteiger partial charge in [0.15, 0.2) is 0 Å². The van der Waals surface area contributed by atoms with Gasteiger partial charge >= 0.3 is 7.60 Å². The minimum absolute atomic E-state index is 0.344. The van der Waals surface area contributed by atoms with E-state index in [2.05, 4.69) is 4.99 Å². The summed E-state index contributed by atoms with van der Waals surface area (Å²) in [6.07, 6.45) is 2.27. The van der Waals surface area contributed by atoms with Crippen molar-refractivity contribution in [3.8, 4) is 0 Å². The second-order valence-electron chi connectivity index (χ2n) is 5.18. The number of hydrogen-bond donors (Lipinski definition) is 0. The Morgan fingerprint density at radius 2 is 1.50 bits per heavy atom. The Kier molecular flexibility index (Phi) is 7.38. The lowest BCUT2D eigenvalue weighted by atomic mass is 10.1. The fourth-order valence-electron chi connectivity index (χ4n) is 2.47. The Balaban J connectivity index is 2.26.